The SMILES string of the molecule is COC1CCC(N=c2cc3n(-c4ccc(F)c(F)c4)c4ccccc4nc-3cc2Nc2cnccn2)CC1. The van der Waals surface area contributed by atoms with Crippen LogP contribution in [0.4, 0.5) is 20.3 Å². The van der Waals surface area contributed by atoms with Crippen LogP contribution in [0.3, 0.4) is 0 Å². The molecule has 0 atom stereocenters. The number of anilines is 2. The summed E-state index contributed by atoms with van der Waals surface area (Å²) in [4.78, 5) is 18.6. The largest absolute Gasteiger partial charge is 0.381 e. The topological polar surface area (TPSA) is 77.2 Å². The van der Waals surface area contributed by atoms with Gasteiger partial charge in [0.2, 0.25) is 0 Å². The number of para-hydroxylation sites is 2. The molecule has 9 heteroatoms. The van der Waals surface area contributed by atoms with Gasteiger partial charge in [0.05, 0.1) is 51.8 Å². The smallest absolute Gasteiger partial charge is 0.160 e. The predicted molar refractivity (Wildman–Crippen MR) is 142 cm³/mol. The molecule has 1 fully saturated rings. The van der Waals surface area contributed by atoms with Gasteiger partial charge in [-0.05, 0) is 62.1 Å². The molecule has 3 aromatic rings. The van der Waals surface area contributed by atoms with Crippen molar-refractivity contribution < 1.29 is 13.5 Å². The Kier molecular flexibility index (Phi) is 6.51. The Labute approximate surface area is 218 Å². The first-order chi connectivity index (χ1) is 18.6. The second kappa shape index (κ2) is 10.3. The van der Waals surface area contributed by atoms with Crippen LogP contribution >= 0.6 is 0 Å². The molecule has 2 heterocycles. The van der Waals surface area contributed by atoms with Crippen molar-refractivity contribution in [3.05, 3.63) is 90.2 Å². The van der Waals surface area contributed by atoms with Crippen LogP contribution in [0.2, 0.25) is 0 Å². The molecular weight excluding hydrogens is 486 g/mol. The summed E-state index contributed by atoms with van der Waals surface area (Å²) in [5.41, 5.74) is 4.12. The first-order valence-corrected chi connectivity index (χ1v) is 12.6. The number of fused-ring (bicyclic) bond motifs is 2. The molecule has 1 aromatic heterocycles. The lowest BCUT2D eigenvalue weighted by molar-refractivity contribution is 0.0663. The van der Waals surface area contributed by atoms with Crippen LogP contribution < -0.4 is 10.7 Å². The third-order valence-corrected chi connectivity index (χ3v) is 6.98. The molecule has 1 aliphatic heterocycles. The predicted octanol–water partition coefficient (Wildman–Crippen LogP) is 5.80. The van der Waals surface area contributed by atoms with Crippen molar-refractivity contribution in [3.8, 4) is 17.1 Å². The van der Waals surface area contributed by atoms with E-state index < -0.39 is 11.6 Å². The second-order valence-corrected chi connectivity index (χ2v) is 9.40. The lowest BCUT2D eigenvalue weighted by atomic mass is 9.93. The zero-order chi connectivity index (χ0) is 26.1. The molecular formula is C29H26F2N6O. The van der Waals surface area contributed by atoms with Gasteiger partial charge in [-0.3, -0.25) is 9.98 Å². The van der Waals surface area contributed by atoms with Crippen molar-refractivity contribution in [2.75, 3.05) is 12.4 Å². The van der Waals surface area contributed by atoms with Gasteiger partial charge in [0.15, 0.2) is 11.6 Å². The van der Waals surface area contributed by atoms with Crippen LogP contribution in [-0.4, -0.2) is 38.8 Å². The van der Waals surface area contributed by atoms with Gasteiger partial charge in [-0.25, -0.2) is 18.7 Å². The number of hydrogen-bond acceptors (Lipinski definition) is 6. The molecule has 7 nitrogen and oxygen atoms in total. The van der Waals surface area contributed by atoms with E-state index in [1.807, 2.05) is 41.0 Å². The van der Waals surface area contributed by atoms with Crippen LogP contribution in [-0.2, 0) is 4.74 Å². The molecule has 0 spiro atoms. The monoisotopic (exact) mass is 512 g/mol. The highest BCUT2D eigenvalue weighted by atomic mass is 19.2. The Bertz CT molecular complexity index is 1630. The lowest BCUT2D eigenvalue weighted by Gasteiger charge is -2.25. The molecule has 1 saturated carbocycles. The van der Waals surface area contributed by atoms with E-state index in [1.54, 1.807) is 31.8 Å². The minimum Gasteiger partial charge on any atom is -0.381 e. The first-order valence-electron chi connectivity index (χ1n) is 12.6. The minimum absolute atomic E-state index is 0.131. The Hall–Kier alpha value is -4.24. The van der Waals surface area contributed by atoms with Crippen molar-refractivity contribution in [3.63, 3.8) is 0 Å². The molecule has 2 aromatic carbocycles. The average Bonchev–Trinajstić information content (AvgIpc) is 2.95. The molecule has 0 amide bonds. The summed E-state index contributed by atoms with van der Waals surface area (Å²) in [5.74, 6) is -1.22. The van der Waals surface area contributed by atoms with Crippen molar-refractivity contribution in [1.82, 2.24) is 19.5 Å². The molecule has 0 saturated heterocycles. The Morgan fingerprint density at radius 2 is 1.82 bits per heavy atom. The molecule has 0 bridgehead atoms. The Morgan fingerprint density at radius 1 is 0.974 bits per heavy atom. The molecule has 3 aliphatic rings. The van der Waals surface area contributed by atoms with Crippen LogP contribution in [0.15, 0.2) is 78.2 Å². The van der Waals surface area contributed by atoms with Crippen LogP contribution in [0.25, 0.3) is 28.1 Å². The van der Waals surface area contributed by atoms with E-state index in [0.29, 0.717) is 17.2 Å². The summed E-state index contributed by atoms with van der Waals surface area (Å²) < 4.78 is 35.6. The fourth-order valence-corrected chi connectivity index (χ4v) is 5.06. The summed E-state index contributed by atoms with van der Waals surface area (Å²) in [6, 6.07) is 15.5. The average molecular weight is 513 g/mol. The van der Waals surface area contributed by atoms with E-state index in [1.165, 1.54) is 6.07 Å². The lowest BCUT2D eigenvalue weighted by Crippen LogP contribution is -2.25. The number of nitrogens with one attached hydrogen (secondary N) is 1. The van der Waals surface area contributed by atoms with Gasteiger partial charge in [0.25, 0.3) is 0 Å². The van der Waals surface area contributed by atoms with Crippen molar-refractivity contribution in [2.45, 2.75) is 37.8 Å². The normalized spacial score (nSPS) is 18.2. The van der Waals surface area contributed by atoms with Gasteiger partial charge in [-0.15, -0.1) is 0 Å². The maximum atomic E-state index is 14.4. The number of hydrogen-bond donors (Lipinski definition) is 1. The van der Waals surface area contributed by atoms with Gasteiger partial charge >= 0.3 is 0 Å². The standard InChI is InChI=1S/C29H26F2N6O/c1-38-20-9-6-18(7-10-20)34-25-16-28-26(15-24(25)36-29-17-32-12-13-33-29)35-23-4-2-3-5-27(23)37(28)19-8-11-21(30)22(31)14-19/h2-5,8,11-18,20H,6-7,9-10H2,1H3,(H,33,36). The first kappa shape index (κ1) is 24.1. The maximum Gasteiger partial charge on any atom is 0.160 e. The zero-order valence-corrected chi connectivity index (χ0v) is 20.8. The number of nitrogens with zero attached hydrogens (tertiary/aromatic N) is 5. The van der Waals surface area contributed by atoms with E-state index in [2.05, 4.69) is 15.3 Å². The molecule has 38 heavy (non-hydrogen) atoms. The summed E-state index contributed by atoms with van der Waals surface area (Å²) >= 11 is 0. The molecule has 0 radical (unpaired) electrons. The molecule has 0 unspecified atom stereocenters. The summed E-state index contributed by atoms with van der Waals surface area (Å²) in [5, 5.41) is 4.08. The van der Waals surface area contributed by atoms with Crippen LogP contribution in [0.1, 0.15) is 25.7 Å². The van der Waals surface area contributed by atoms with Gasteiger partial charge < -0.3 is 14.6 Å². The summed E-state index contributed by atoms with van der Waals surface area (Å²) in [6.07, 6.45) is 8.88. The minimum atomic E-state index is -0.912. The Balaban J connectivity index is 1.59. The fourth-order valence-electron chi connectivity index (χ4n) is 5.06. The van der Waals surface area contributed by atoms with E-state index in [9.17, 15) is 8.78 Å². The van der Waals surface area contributed by atoms with Crippen LogP contribution in [0, 0.1) is 11.6 Å². The van der Waals surface area contributed by atoms with Crippen LogP contribution in [0.5, 0.6) is 0 Å². The molecule has 1 N–H and O–H groups in total. The van der Waals surface area contributed by atoms with Crippen molar-refractivity contribution in [1.29, 1.82) is 0 Å². The van der Waals surface area contributed by atoms with Gasteiger partial charge in [-0.1, -0.05) is 12.1 Å². The number of benzene rings is 3. The quantitative estimate of drug-likeness (QED) is 0.301. The summed E-state index contributed by atoms with van der Waals surface area (Å²) in [6.45, 7) is 0. The second-order valence-electron chi connectivity index (χ2n) is 9.40. The number of ether oxygens (including phenoxy) is 1. The number of halogens is 2. The van der Waals surface area contributed by atoms with E-state index >= 15 is 0 Å². The fraction of sp³-hybridized carbons (Fsp3) is 0.241. The molecule has 192 valence electrons. The van der Waals surface area contributed by atoms with E-state index in [0.717, 1.165) is 59.5 Å². The molecule has 2 aliphatic carbocycles. The van der Waals surface area contributed by atoms with Crippen molar-refractivity contribution in [2.24, 2.45) is 4.99 Å². The van der Waals surface area contributed by atoms with Gasteiger partial charge in [-0.2, -0.15) is 0 Å². The third kappa shape index (κ3) is 4.72. The van der Waals surface area contributed by atoms with Gasteiger partial charge in [0.1, 0.15) is 5.82 Å². The zero-order valence-electron chi connectivity index (χ0n) is 20.8. The number of aromatic nitrogens is 4. The highest BCUT2D eigenvalue weighted by molar-refractivity contribution is 5.84. The number of methoxy groups -OCH3 is 1. The van der Waals surface area contributed by atoms with Crippen molar-refractivity contribution >= 4 is 22.5 Å². The summed E-state index contributed by atoms with van der Waals surface area (Å²) in [7, 11) is 1.75. The van der Waals surface area contributed by atoms with E-state index in [-0.39, 0.29) is 12.1 Å². The molecule has 6 rings (SSSR count). The highest BCUT2D eigenvalue weighted by Crippen LogP contribution is 2.31. The maximum absolute atomic E-state index is 14.4. The Morgan fingerprint density at radius 3 is 2.58 bits per heavy atom. The number of rotatable bonds is 5. The van der Waals surface area contributed by atoms with Gasteiger partial charge in [0, 0.05) is 31.3 Å². The van der Waals surface area contributed by atoms with E-state index in [4.69, 9.17) is 14.7 Å². The highest BCUT2D eigenvalue weighted by Gasteiger charge is 2.22. The third-order valence-electron chi connectivity index (χ3n) is 6.98.